The maximum Gasteiger partial charge on any atom is 0.317 e. The van der Waals surface area contributed by atoms with E-state index in [4.69, 9.17) is 4.74 Å². The Balaban J connectivity index is 2.21. The second-order valence-electron chi connectivity index (χ2n) is 9.48. The molecule has 0 aromatic heterocycles. The Labute approximate surface area is 194 Å². The van der Waals surface area contributed by atoms with E-state index < -0.39 is 11.3 Å². The van der Waals surface area contributed by atoms with Gasteiger partial charge in [0.15, 0.2) is 0 Å². The zero-order valence-electron chi connectivity index (χ0n) is 20.5. The summed E-state index contributed by atoms with van der Waals surface area (Å²) in [5, 5.41) is 2.94. The number of amides is 2. The number of likely N-dealkylation sites (tertiary alicyclic amines) is 1. The lowest BCUT2D eigenvalue weighted by Gasteiger charge is -2.46. The SMILES string of the molecule is CCCCCCCCN1C(=O)[C@H](CC(=O)NCCCC)C[C@@]2(C(=O)OC)CCCCC=C12. The van der Waals surface area contributed by atoms with Gasteiger partial charge in [0, 0.05) is 31.1 Å². The summed E-state index contributed by atoms with van der Waals surface area (Å²) < 4.78 is 5.27. The molecule has 0 aromatic carbocycles. The lowest BCUT2D eigenvalue weighted by molar-refractivity contribution is -0.159. The number of fused-ring (bicyclic) bond motifs is 1. The quantitative estimate of drug-likeness (QED) is 0.313. The van der Waals surface area contributed by atoms with E-state index in [0.717, 1.165) is 50.6 Å². The van der Waals surface area contributed by atoms with Crippen molar-refractivity contribution in [2.75, 3.05) is 20.2 Å². The number of nitrogens with one attached hydrogen (secondary N) is 1. The highest BCUT2D eigenvalue weighted by molar-refractivity contribution is 5.92. The molecule has 2 rings (SSSR count). The minimum Gasteiger partial charge on any atom is -0.468 e. The highest BCUT2D eigenvalue weighted by Gasteiger charge is 2.53. The minimum absolute atomic E-state index is 0.00289. The van der Waals surface area contributed by atoms with Crippen molar-refractivity contribution in [2.24, 2.45) is 11.3 Å². The zero-order chi connectivity index (χ0) is 23.4. The summed E-state index contributed by atoms with van der Waals surface area (Å²) in [5.74, 6) is -0.845. The highest BCUT2D eigenvalue weighted by Crippen LogP contribution is 2.49. The highest BCUT2D eigenvalue weighted by atomic mass is 16.5. The summed E-state index contributed by atoms with van der Waals surface area (Å²) in [6.07, 6.45) is 14.8. The smallest absolute Gasteiger partial charge is 0.317 e. The monoisotopic (exact) mass is 448 g/mol. The van der Waals surface area contributed by atoms with Gasteiger partial charge in [-0.25, -0.2) is 0 Å². The third kappa shape index (κ3) is 6.82. The Morgan fingerprint density at radius 1 is 1.09 bits per heavy atom. The summed E-state index contributed by atoms with van der Waals surface area (Å²) in [6.45, 7) is 5.53. The van der Waals surface area contributed by atoms with Gasteiger partial charge in [-0.1, -0.05) is 64.9 Å². The molecule has 1 heterocycles. The van der Waals surface area contributed by atoms with Gasteiger partial charge in [-0.2, -0.15) is 0 Å². The van der Waals surface area contributed by atoms with Crippen LogP contribution >= 0.6 is 0 Å². The normalized spacial score (nSPS) is 23.2. The molecule has 2 amide bonds. The molecule has 0 unspecified atom stereocenters. The largest absolute Gasteiger partial charge is 0.468 e. The average Bonchev–Trinajstić information content (AvgIpc) is 3.01. The van der Waals surface area contributed by atoms with Crippen LogP contribution in [0.5, 0.6) is 0 Å². The number of allylic oxidation sites excluding steroid dienone is 1. The molecule has 1 aliphatic carbocycles. The molecule has 2 atom stereocenters. The second-order valence-corrected chi connectivity index (χ2v) is 9.48. The molecular formula is C26H44N2O4. The van der Waals surface area contributed by atoms with E-state index in [-0.39, 0.29) is 24.2 Å². The van der Waals surface area contributed by atoms with Crippen molar-refractivity contribution in [3.63, 3.8) is 0 Å². The molecule has 0 radical (unpaired) electrons. The first-order chi connectivity index (χ1) is 15.5. The van der Waals surface area contributed by atoms with Crippen LogP contribution < -0.4 is 5.32 Å². The number of hydrogen-bond acceptors (Lipinski definition) is 4. The fraction of sp³-hybridized carbons (Fsp3) is 0.808. The minimum atomic E-state index is -0.810. The van der Waals surface area contributed by atoms with Gasteiger partial charge in [-0.15, -0.1) is 0 Å². The van der Waals surface area contributed by atoms with E-state index in [9.17, 15) is 14.4 Å². The molecule has 1 saturated heterocycles. The Hall–Kier alpha value is -1.85. The van der Waals surface area contributed by atoms with Crippen molar-refractivity contribution in [3.05, 3.63) is 11.8 Å². The topological polar surface area (TPSA) is 75.7 Å². The van der Waals surface area contributed by atoms with Crippen LogP contribution in [0, 0.1) is 11.3 Å². The summed E-state index contributed by atoms with van der Waals surface area (Å²) in [5.41, 5.74) is 0.0264. The average molecular weight is 449 g/mol. The number of carbonyl (C=O) groups excluding carboxylic acids is 3. The predicted molar refractivity (Wildman–Crippen MR) is 127 cm³/mol. The van der Waals surface area contributed by atoms with Crippen molar-refractivity contribution in [1.82, 2.24) is 10.2 Å². The molecule has 6 nitrogen and oxygen atoms in total. The molecule has 6 heteroatoms. The lowest BCUT2D eigenvalue weighted by Crippen LogP contribution is -2.53. The molecule has 0 saturated carbocycles. The molecule has 182 valence electrons. The Kier molecular flexibility index (Phi) is 11.3. The summed E-state index contributed by atoms with van der Waals surface area (Å²) in [6, 6.07) is 0. The molecule has 1 aliphatic heterocycles. The molecular weight excluding hydrogens is 404 g/mol. The van der Waals surface area contributed by atoms with Gasteiger partial charge in [0.05, 0.1) is 7.11 Å². The van der Waals surface area contributed by atoms with E-state index in [1.54, 1.807) is 0 Å². The van der Waals surface area contributed by atoms with Gasteiger partial charge >= 0.3 is 5.97 Å². The van der Waals surface area contributed by atoms with Crippen LogP contribution in [-0.2, 0) is 19.1 Å². The van der Waals surface area contributed by atoms with Gasteiger partial charge in [-0.05, 0) is 38.5 Å². The first-order valence-electron chi connectivity index (χ1n) is 12.9. The number of hydrogen-bond donors (Lipinski definition) is 1. The third-order valence-corrected chi connectivity index (χ3v) is 6.98. The summed E-state index contributed by atoms with van der Waals surface area (Å²) in [7, 11) is 1.43. The van der Waals surface area contributed by atoms with Crippen LogP contribution in [-0.4, -0.2) is 42.9 Å². The molecule has 1 fully saturated rings. The first kappa shape index (κ1) is 26.4. The van der Waals surface area contributed by atoms with Crippen molar-refractivity contribution in [3.8, 4) is 0 Å². The van der Waals surface area contributed by atoms with Crippen LogP contribution in [0.4, 0.5) is 0 Å². The van der Waals surface area contributed by atoms with Crippen molar-refractivity contribution in [1.29, 1.82) is 0 Å². The van der Waals surface area contributed by atoms with E-state index >= 15 is 0 Å². The standard InChI is InChI=1S/C26H44N2O4/c1-4-6-8-9-10-14-18-28-22-15-12-11-13-16-26(22,25(31)32-3)20-21(24(28)30)19-23(29)27-17-7-5-2/h15,21H,4-14,16-20H2,1-3H3,(H,27,29)/t21-,26+/m1/s1. The summed E-state index contributed by atoms with van der Waals surface area (Å²) in [4.78, 5) is 41.0. The van der Waals surface area contributed by atoms with E-state index in [1.807, 2.05) is 4.90 Å². The van der Waals surface area contributed by atoms with Crippen molar-refractivity contribution < 1.29 is 19.1 Å². The van der Waals surface area contributed by atoms with Crippen LogP contribution in [0.25, 0.3) is 0 Å². The summed E-state index contributed by atoms with van der Waals surface area (Å²) >= 11 is 0. The van der Waals surface area contributed by atoms with E-state index in [2.05, 4.69) is 25.2 Å². The van der Waals surface area contributed by atoms with Gasteiger partial charge < -0.3 is 15.0 Å². The maximum atomic E-state index is 13.5. The number of nitrogens with zero attached hydrogens (tertiary/aromatic N) is 1. The second kappa shape index (κ2) is 13.6. The van der Waals surface area contributed by atoms with Crippen molar-refractivity contribution in [2.45, 2.75) is 104 Å². The number of ether oxygens (including phenoxy) is 1. The Morgan fingerprint density at radius 2 is 1.81 bits per heavy atom. The number of esters is 1. The molecule has 2 aliphatic rings. The predicted octanol–water partition coefficient (Wildman–Crippen LogP) is 5.12. The molecule has 1 N–H and O–H groups in total. The fourth-order valence-electron chi connectivity index (χ4n) is 5.18. The van der Waals surface area contributed by atoms with E-state index in [0.29, 0.717) is 25.9 Å². The van der Waals surface area contributed by atoms with Crippen LogP contribution in [0.15, 0.2) is 11.8 Å². The van der Waals surface area contributed by atoms with Crippen LogP contribution in [0.1, 0.15) is 104 Å². The molecule has 0 spiro atoms. The van der Waals surface area contributed by atoms with Crippen LogP contribution in [0.3, 0.4) is 0 Å². The van der Waals surface area contributed by atoms with Gasteiger partial charge in [0.25, 0.3) is 0 Å². The maximum absolute atomic E-state index is 13.5. The van der Waals surface area contributed by atoms with Crippen molar-refractivity contribution >= 4 is 17.8 Å². The number of rotatable bonds is 13. The molecule has 0 bridgehead atoms. The van der Waals surface area contributed by atoms with E-state index in [1.165, 1.54) is 32.8 Å². The number of methoxy groups -OCH3 is 1. The molecule has 0 aromatic rings. The molecule has 32 heavy (non-hydrogen) atoms. The van der Waals surface area contributed by atoms with Crippen LogP contribution in [0.2, 0.25) is 0 Å². The number of carbonyl (C=O) groups is 3. The number of unbranched alkanes of at least 4 members (excludes halogenated alkanes) is 6. The first-order valence-corrected chi connectivity index (χ1v) is 12.9. The zero-order valence-corrected chi connectivity index (χ0v) is 20.5. The lowest BCUT2D eigenvalue weighted by atomic mass is 9.69. The number of piperidine rings is 1. The Bertz CT molecular complexity index is 660. The third-order valence-electron chi connectivity index (χ3n) is 6.98. The van der Waals surface area contributed by atoms with Gasteiger partial charge in [0.1, 0.15) is 5.41 Å². The van der Waals surface area contributed by atoms with Gasteiger partial charge in [-0.3, -0.25) is 14.4 Å². The van der Waals surface area contributed by atoms with Gasteiger partial charge in [0.2, 0.25) is 11.8 Å². The Morgan fingerprint density at radius 3 is 2.53 bits per heavy atom. The fourth-order valence-corrected chi connectivity index (χ4v) is 5.18.